The summed E-state index contributed by atoms with van der Waals surface area (Å²) >= 11 is 0. The van der Waals surface area contributed by atoms with Gasteiger partial charge in [0.2, 0.25) is 0 Å². The van der Waals surface area contributed by atoms with Gasteiger partial charge in [0.1, 0.15) is 17.9 Å². The van der Waals surface area contributed by atoms with Crippen LogP contribution in [0.1, 0.15) is 19.4 Å². The van der Waals surface area contributed by atoms with Gasteiger partial charge in [-0.1, -0.05) is 0 Å². The van der Waals surface area contributed by atoms with Gasteiger partial charge in [0.15, 0.2) is 11.3 Å². The minimum atomic E-state index is -4.63. The Bertz CT molecular complexity index is 775. The third-order valence-corrected chi connectivity index (χ3v) is 3.65. The molecule has 0 spiro atoms. The second kappa shape index (κ2) is 6.67. The number of anilines is 1. The Morgan fingerprint density at radius 2 is 1.79 bits per heavy atom. The Labute approximate surface area is 137 Å². The number of nitriles is 2. The highest BCUT2D eigenvalue weighted by Crippen LogP contribution is 2.44. The van der Waals surface area contributed by atoms with Crippen molar-refractivity contribution in [2.24, 2.45) is 0 Å². The monoisotopic (exact) mass is 333 g/mol. The molecule has 1 aromatic carbocycles. The van der Waals surface area contributed by atoms with E-state index >= 15 is 0 Å². The molecule has 0 saturated heterocycles. The zero-order chi connectivity index (χ0) is 17.9. The Hall–Kier alpha value is -2.93. The molecule has 0 N–H and O–H groups in total. The van der Waals surface area contributed by atoms with Crippen LogP contribution in [0.3, 0.4) is 0 Å². The Morgan fingerprint density at radius 3 is 2.29 bits per heavy atom. The zero-order valence-electron chi connectivity index (χ0n) is 13.1. The van der Waals surface area contributed by atoms with E-state index in [1.165, 1.54) is 12.1 Å². The molecule has 124 valence electrons. The lowest BCUT2D eigenvalue weighted by Gasteiger charge is -2.26. The molecule has 24 heavy (non-hydrogen) atoms. The smallest absolute Gasteiger partial charge is 0.417 e. The first-order chi connectivity index (χ1) is 11.3. The molecule has 7 heteroatoms. The van der Waals surface area contributed by atoms with Crippen molar-refractivity contribution in [1.29, 1.82) is 10.5 Å². The van der Waals surface area contributed by atoms with Crippen LogP contribution in [-0.2, 0) is 0 Å². The highest BCUT2D eigenvalue weighted by atomic mass is 19.4. The Balaban J connectivity index is 2.66. The van der Waals surface area contributed by atoms with Crippen molar-refractivity contribution in [3.05, 3.63) is 41.2 Å². The van der Waals surface area contributed by atoms with Gasteiger partial charge in [-0.15, -0.1) is 0 Å². The van der Waals surface area contributed by atoms with E-state index in [0.29, 0.717) is 24.9 Å². The summed E-state index contributed by atoms with van der Waals surface area (Å²) in [5, 5.41) is 17.8. The second-order valence-electron chi connectivity index (χ2n) is 4.97. The van der Waals surface area contributed by atoms with Gasteiger partial charge in [0, 0.05) is 30.4 Å². The van der Waals surface area contributed by atoms with E-state index in [9.17, 15) is 13.2 Å². The number of fused-ring (bicyclic) bond motifs is 1. The molecule has 4 nitrogen and oxygen atoms in total. The number of ether oxygens (including phenoxy) is 1. The molecule has 0 saturated carbocycles. The van der Waals surface area contributed by atoms with Gasteiger partial charge in [-0.2, -0.15) is 23.7 Å². The highest BCUT2D eigenvalue weighted by molar-refractivity contribution is 5.80. The third-order valence-electron chi connectivity index (χ3n) is 3.65. The average molecular weight is 333 g/mol. The number of benzene rings is 1. The minimum Gasteiger partial charge on any atom is -0.454 e. The normalized spacial score (nSPS) is 13.1. The predicted octanol–water partition coefficient (Wildman–Crippen LogP) is 4.17. The van der Waals surface area contributed by atoms with E-state index in [0.717, 1.165) is 0 Å². The molecule has 1 heterocycles. The topological polar surface area (TPSA) is 60.0 Å². The van der Waals surface area contributed by atoms with Crippen LogP contribution in [0.15, 0.2) is 35.6 Å². The van der Waals surface area contributed by atoms with Gasteiger partial charge in [0.05, 0.1) is 5.57 Å². The van der Waals surface area contributed by atoms with E-state index in [-0.39, 0.29) is 11.3 Å². The SMILES string of the molecule is CCN(CC)c1ccc2c(c1)OC(=C(C#N)C#N)C=C2C(F)(F)F. The Kier molecular flexibility index (Phi) is 4.85. The lowest BCUT2D eigenvalue weighted by Crippen LogP contribution is -2.22. The van der Waals surface area contributed by atoms with E-state index in [1.54, 1.807) is 18.2 Å². The van der Waals surface area contributed by atoms with Crippen molar-refractivity contribution >= 4 is 11.3 Å². The molecule has 0 atom stereocenters. The van der Waals surface area contributed by atoms with Crippen LogP contribution >= 0.6 is 0 Å². The van der Waals surface area contributed by atoms with Gasteiger partial charge in [-0.3, -0.25) is 0 Å². The molecule has 1 aliphatic heterocycles. The third kappa shape index (κ3) is 3.21. The van der Waals surface area contributed by atoms with Crippen molar-refractivity contribution in [1.82, 2.24) is 0 Å². The molecular formula is C17H14F3N3O. The number of halogens is 3. The van der Waals surface area contributed by atoms with Gasteiger partial charge >= 0.3 is 6.18 Å². The fourth-order valence-corrected chi connectivity index (χ4v) is 2.45. The molecule has 0 radical (unpaired) electrons. The Morgan fingerprint density at radius 1 is 1.17 bits per heavy atom. The molecule has 0 aliphatic carbocycles. The lowest BCUT2D eigenvalue weighted by atomic mass is 9.99. The molecule has 0 fully saturated rings. The molecule has 0 amide bonds. The summed E-state index contributed by atoms with van der Waals surface area (Å²) in [4.78, 5) is 1.95. The maximum Gasteiger partial charge on any atom is 0.417 e. The average Bonchev–Trinajstić information content (AvgIpc) is 2.55. The summed E-state index contributed by atoms with van der Waals surface area (Å²) in [6.45, 7) is 5.22. The van der Waals surface area contributed by atoms with E-state index in [2.05, 4.69) is 0 Å². The van der Waals surface area contributed by atoms with Crippen molar-refractivity contribution in [3.63, 3.8) is 0 Å². The van der Waals surface area contributed by atoms with Gasteiger partial charge in [-0.25, -0.2) is 0 Å². The van der Waals surface area contributed by atoms with Crippen LogP contribution in [0.4, 0.5) is 18.9 Å². The molecule has 1 aromatic rings. The van der Waals surface area contributed by atoms with Crippen LogP contribution in [0, 0.1) is 22.7 Å². The van der Waals surface area contributed by atoms with E-state index in [4.69, 9.17) is 15.3 Å². The molecule has 0 bridgehead atoms. The van der Waals surface area contributed by atoms with Crippen LogP contribution in [0.5, 0.6) is 5.75 Å². The van der Waals surface area contributed by atoms with Crippen molar-refractivity contribution in [3.8, 4) is 17.9 Å². The van der Waals surface area contributed by atoms with Crippen molar-refractivity contribution < 1.29 is 17.9 Å². The second-order valence-corrected chi connectivity index (χ2v) is 4.97. The number of alkyl halides is 3. The van der Waals surface area contributed by atoms with Gasteiger partial charge in [-0.05, 0) is 32.1 Å². The standard InChI is InChI=1S/C17H14F3N3O/c1-3-23(4-2)12-5-6-13-14(17(18,19)20)8-15(11(9-21)10-22)24-16(13)7-12/h5-8H,3-4H2,1-2H3. The zero-order valence-corrected chi connectivity index (χ0v) is 13.1. The number of hydrogen-bond acceptors (Lipinski definition) is 4. The summed E-state index contributed by atoms with van der Waals surface area (Å²) in [7, 11) is 0. The van der Waals surface area contributed by atoms with Gasteiger partial charge < -0.3 is 9.64 Å². The fraction of sp³-hybridized carbons (Fsp3) is 0.294. The highest BCUT2D eigenvalue weighted by Gasteiger charge is 2.39. The largest absolute Gasteiger partial charge is 0.454 e. The summed E-state index contributed by atoms with van der Waals surface area (Å²) in [6.07, 6.45) is -3.93. The van der Waals surface area contributed by atoms with Crippen LogP contribution in [0.25, 0.3) is 5.57 Å². The molecule has 1 aliphatic rings. The number of nitrogens with zero attached hydrogens (tertiary/aromatic N) is 3. The fourth-order valence-electron chi connectivity index (χ4n) is 2.45. The molecule has 2 rings (SSSR count). The number of allylic oxidation sites excluding steroid dienone is 3. The number of hydrogen-bond donors (Lipinski definition) is 0. The van der Waals surface area contributed by atoms with Crippen LogP contribution in [0.2, 0.25) is 0 Å². The first-order valence-corrected chi connectivity index (χ1v) is 7.26. The van der Waals surface area contributed by atoms with Crippen molar-refractivity contribution in [2.75, 3.05) is 18.0 Å². The van der Waals surface area contributed by atoms with Crippen molar-refractivity contribution in [2.45, 2.75) is 20.0 Å². The minimum absolute atomic E-state index is 0.0211. The molecule has 0 unspecified atom stereocenters. The maximum atomic E-state index is 13.3. The first-order valence-electron chi connectivity index (χ1n) is 7.26. The predicted molar refractivity (Wildman–Crippen MR) is 82.9 cm³/mol. The molecular weight excluding hydrogens is 319 g/mol. The molecule has 0 aromatic heterocycles. The van der Waals surface area contributed by atoms with E-state index in [1.807, 2.05) is 18.7 Å². The first kappa shape index (κ1) is 17.4. The summed E-state index contributed by atoms with van der Waals surface area (Å²) in [6, 6.07) is 7.54. The number of rotatable bonds is 3. The summed E-state index contributed by atoms with van der Waals surface area (Å²) in [5.74, 6) is -0.413. The summed E-state index contributed by atoms with van der Waals surface area (Å²) in [5.41, 5.74) is -0.849. The van der Waals surface area contributed by atoms with Gasteiger partial charge in [0.25, 0.3) is 0 Å². The quantitative estimate of drug-likeness (QED) is 0.779. The van der Waals surface area contributed by atoms with Crippen LogP contribution < -0.4 is 9.64 Å². The van der Waals surface area contributed by atoms with E-state index < -0.39 is 23.1 Å². The van der Waals surface area contributed by atoms with Crippen LogP contribution in [-0.4, -0.2) is 19.3 Å². The lowest BCUT2D eigenvalue weighted by molar-refractivity contribution is -0.0694. The maximum absolute atomic E-state index is 13.3. The summed E-state index contributed by atoms with van der Waals surface area (Å²) < 4.78 is 45.4.